The molecule has 88 heavy (non-hydrogen) atoms. The predicted molar refractivity (Wildman–Crippen MR) is 328 cm³/mol. The number of aromatic amines is 2. The van der Waals surface area contributed by atoms with Crippen molar-refractivity contribution in [3.05, 3.63) is 155 Å². The van der Waals surface area contributed by atoms with Crippen LogP contribution in [0.2, 0.25) is 0 Å². The molecule has 0 radical (unpaired) electrons. The molecule has 0 spiro atoms. The van der Waals surface area contributed by atoms with Crippen LogP contribution in [0, 0.1) is 0 Å². The van der Waals surface area contributed by atoms with Crippen LogP contribution in [0.25, 0.3) is 90.9 Å². The number of aliphatic carboxylic acids is 3. The third-order valence-electron chi connectivity index (χ3n) is 16.5. The Kier molecular flexibility index (Phi) is 19.0. The number of hydroxylamine groups is 2. The number of H-pyrrole nitrogens is 2. The van der Waals surface area contributed by atoms with Gasteiger partial charge in [0.25, 0.3) is 0 Å². The molecule has 4 aliphatic heterocycles. The van der Waals surface area contributed by atoms with Gasteiger partial charge in [-0.2, -0.15) is 5.06 Å². The zero-order chi connectivity index (χ0) is 60.6. The first-order valence-electron chi connectivity index (χ1n) is 28.4. The van der Waals surface area contributed by atoms with E-state index in [9.17, 15) is 49.9 Å². The Hall–Kier alpha value is -8.82. The number of carbonyl (C=O) groups excluding carboxylic acids is 4. The molecule has 0 atom stereocenters. The number of carboxylic acid groups (broad SMARTS) is 3. The normalized spacial score (nSPS) is 16.4. The van der Waals surface area contributed by atoms with E-state index >= 15 is 0 Å². The van der Waals surface area contributed by atoms with Crippen LogP contribution in [0.3, 0.4) is 0 Å². The molecule has 4 aliphatic rings. The molecule has 0 unspecified atom stereocenters. The topological polar surface area (TPSA) is 281 Å². The molecule has 7 heterocycles. The number of rotatable bonds is 13. The fraction of sp³-hybridized carbons (Fsp3) is 0.273. The SMILES string of the molecule is CC1(C)c2ccc(-c3c4nc(c(-c5cccc(O)c5)c5ccc([nH]5)c(-c5cccc(C(=O)OCN6CCN(CC(=O)[O-])CCN(CC(=O)[O-])CCN(CC(=O)[O-])CC6)c5)c5nc(c(-c6cccc(O)c6)c6ccc3[nH]6)C=C5)C=C4)cc2C(C)(C)N1O.[18FH].[Al+3]. The molecule has 1 fully saturated rings. The fourth-order valence-corrected chi connectivity index (χ4v) is 12.2. The zero-order valence-electron chi connectivity index (χ0n) is 49.0. The molecule has 4 aromatic carbocycles. The maximum atomic E-state index is 14.3. The Morgan fingerprint density at radius 1 is 0.489 bits per heavy atom. The number of benzene rings is 4. The standard InChI is InChI=1S/C66H67N9O11.Al.FH/c1-65(2)47-15-14-43(35-48(47)66(3,4)75(65)85)63-55-22-20-53(69-55)61(41-9-6-12-45(76)33-41)51-18-16-49(67-51)60(50-17-19-52(68-50)62(54-21-23-56(63)70-54)42-10-7-13-46(77)34-42)40-8-5-11-44(32-40)64(84)86-39-74-30-28-72(37-58(80)81)26-24-71(36-57(78)79)25-27-73(29-31-74)38-59(82)83;;/h5-23,32-35,67,70,76-77,85H,24-31,36-39H2,1-4H3,(H,78,79)(H,80,81)(H,82,83);;1H/q;+3;/p-3/i;;1-1. The number of hydrogen-bond acceptors (Lipinski definition) is 18. The van der Waals surface area contributed by atoms with Gasteiger partial charge in [0.15, 0.2) is 0 Å². The molecule has 1 saturated heterocycles. The average molecular weight is 1210 g/mol. The van der Waals surface area contributed by atoms with Gasteiger partial charge in [0.2, 0.25) is 0 Å². The molecule has 11 rings (SSSR count). The summed E-state index contributed by atoms with van der Waals surface area (Å²) >= 11 is 0. The van der Waals surface area contributed by atoms with Gasteiger partial charge < -0.3 is 59.8 Å². The van der Waals surface area contributed by atoms with Crippen molar-refractivity contribution in [2.75, 3.05) is 78.7 Å². The van der Waals surface area contributed by atoms with Gasteiger partial charge in [-0.15, -0.1) is 0 Å². The number of nitrogens with zero attached hydrogens (tertiary/aromatic N) is 7. The van der Waals surface area contributed by atoms with Gasteiger partial charge in [-0.05, 0) is 152 Å². The molecule has 0 saturated carbocycles. The van der Waals surface area contributed by atoms with Crippen LogP contribution in [-0.4, -0.2) is 180 Å². The van der Waals surface area contributed by atoms with Crippen molar-refractivity contribution >= 4 is 87.6 Å². The number of carbonyl (C=O) groups is 4. The van der Waals surface area contributed by atoms with E-state index in [0.29, 0.717) is 72.7 Å². The first kappa shape index (κ1) is 63.7. The van der Waals surface area contributed by atoms with E-state index in [2.05, 4.69) is 28.2 Å². The number of ether oxygens (including phenoxy) is 1. The fourth-order valence-electron chi connectivity index (χ4n) is 12.2. The number of esters is 1. The quantitative estimate of drug-likeness (QED) is 0.0726. The number of fused-ring (bicyclic) bond motifs is 9. The van der Waals surface area contributed by atoms with Crippen molar-refractivity contribution < 1.29 is 59.4 Å². The number of carboxylic acids is 3. The van der Waals surface area contributed by atoms with E-state index in [0.717, 1.165) is 27.8 Å². The number of nitrogens with one attached hydrogen (secondary N) is 2. The van der Waals surface area contributed by atoms with Crippen molar-refractivity contribution in [2.45, 2.75) is 38.8 Å². The van der Waals surface area contributed by atoms with Gasteiger partial charge in [0.1, 0.15) is 18.2 Å². The second-order valence-electron chi connectivity index (χ2n) is 23.0. The third kappa shape index (κ3) is 13.3. The Bertz CT molecular complexity index is 4010. The summed E-state index contributed by atoms with van der Waals surface area (Å²) in [6, 6.07) is 34.9. The first-order valence-corrected chi connectivity index (χ1v) is 28.4. The second kappa shape index (κ2) is 26.3. The summed E-state index contributed by atoms with van der Waals surface area (Å²) in [6.45, 7) is 7.83. The molecule has 450 valence electrons. The molecule has 0 amide bonds. The second-order valence-corrected chi connectivity index (χ2v) is 23.0. The number of aromatic hydroxyl groups is 2. The number of aromatic nitrogens is 4. The minimum Gasteiger partial charge on any atom is -0.549 e. The minimum atomic E-state index is -1.32. The van der Waals surface area contributed by atoms with Crippen molar-refractivity contribution in [1.82, 2.24) is 44.6 Å². The Labute approximate surface area is 517 Å². The largest absolute Gasteiger partial charge is 3.00 e. The maximum absolute atomic E-state index is 14.3. The number of hydrogen-bond donors (Lipinski definition) is 5. The molecular weight excluding hydrogens is 1140 g/mol. The zero-order valence-corrected chi connectivity index (χ0v) is 50.1. The number of halogens is 1. The summed E-state index contributed by atoms with van der Waals surface area (Å²) in [5, 5.41) is 70.1. The summed E-state index contributed by atoms with van der Waals surface area (Å²) in [6.07, 6.45) is 7.72. The predicted octanol–water partition coefficient (Wildman–Crippen LogP) is 5.27. The van der Waals surface area contributed by atoms with Gasteiger partial charge >= 0.3 is 23.3 Å². The van der Waals surface area contributed by atoms with Crippen LogP contribution in [0.5, 0.6) is 11.5 Å². The van der Waals surface area contributed by atoms with Crippen LogP contribution in [0.4, 0.5) is 4.70 Å². The Morgan fingerprint density at radius 2 is 0.841 bits per heavy atom. The van der Waals surface area contributed by atoms with Gasteiger partial charge in [0, 0.05) is 116 Å². The van der Waals surface area contributed by atoms with Crippen molar-refractivity contribution in [1.29, 1.82) is 0 Å². The van der Waals surface area contributed by atoms with E-state index in [1.807, 2.05) is 94.5 Å². The van der Waals surface area contributed by atoms with Crippen LogP contribution >= 0.6 is 0 Å². The van der Waals surface area contributed by atoms with Crippen LogP contribution in [0.15, 0.2) is 115 Å². The summed E-state index contributed by atoms with van der Waals surface area (Å²) in [5.74, 6) is -4.53. The third-order valence-corrected chi connectivity index (χ3v) is 16.5. The van der Waals surface area contributed by atoms with E-state index in [1.165, 1.54) is 5.06 Å². The Morgan fingerprint density at radius 3 is 1.23 bits per heavy atom. The first-order chi connectivity index (χ1) is 41.2. The summed E-state index contributed by atoms with van der Waals surface area (Å²) in [4.78, 5) is 74.3. The van der Waals surface area contributed by atoms with Crippen molar-refractivity contribution in [2.24, 2.45) is 0 Å². The molecule has 5 N–H and O–H groups in total. The van der Waals surface area contributed by atoms with E-state index in [1.54, 1.807) is 74.2 Å². The maximum Gasteiger partial charge on any atom is 3.00 e. The molecule has 3 aromatic heterocycles. The van der Waals surface area contributed by atoms with Gasteiger partial charge in [0.05, 0.1) is 57.3 Å². The Balaban J connectivity index is 0.00000461. The smallest absolute Gasteiger partial charge is 0.549 e. The number of phenolic OH excluding ortho intramolecular Hbond substituents is 2. The molecule has 20 nitrogen and oxygen atoms in total. The van der Waals surface area contributed by atoms with E-state index in [4.69, 9.17) is 14.7 Å². The van der Waals surface area contributed by atoms with Gasteiger partial charge in [-0.3, -0.25) is 24.3 Å². The molecule has 0 aliphatic carbocycles. The molecule has 7 aromatic rings. The summed E-state index contributed by atoms with van der Waals surface area (Å²) < 4.78 is 6.00. The number of phenols is 2. The van der Waals surface area contributed by atoms with E-state index in [-0.39, 0.29) is 98.2 Å². The monoisotopic (exact) mass is 1200 g/mol. The van der Waals surface area contributed by atoms with Crippen molar-refractivity contribution in [3.8, 4) is 56.0 Å². The van der Waals surface area contributed by atoms with Crippen LogP contribution < -0.4 is 15.3 Å². The molecule has 8 bridgehead atoms. The summed E-state index contributed by atoms with van der Waals surface area (Å²) in [5.41, 5.74) is 11.4. The summed E-state index contributed by atoms with van der Waals surface area (Å²) in [7, 11) is 0. The van der Waals surface area contributed by atoms with Gasteiger partial charge in [-0.1, -0.05) is 48.5 Å². The van der Waals surface area contributed by atoms with Gasteiger partial charge in [-0.25, -0.2) is 14.8 Å². The van der Waals surface area contributed by atoms with E-state index < -0.39 is 54.6 Å². The van der Waals surface area contributed by atoms with Crippen LogP contribution in [0.1, 0.15) is 72.0 Å². The van der Waals surface area contributed by atoms with Crippen molar-refractivity contribution in [3.63, 3.8) is 0 Å². The molecular formula is C66H65AlFN9O11. The minimum absolute atomic E-state index is 0. The average Bonchev–Trinajstić information content (AvgIpc) is 1.87. The van der Waals surface area contributed by atoms with Crippen LogP contribution in [-0.2, 0) is 30.2 Å². The molecule has 22 heteroatoms.